The molecule has 4 heteroatoms. The Bertz CT molecular complexity index is 553. The second-order valence-electron chi connectivity index (χ2n) is 6.62. The molecule has 1 aromatic rings. The molecule has 0 spiro atoms. The van der Waals surface area contributed by atoms with E-state index in [4.69, 9.17) is 0 Å². The maximum Gasteiger partial charge on any atom is 0.227 e. The Morgan fingerprint density at radius 1 is 1.32 bits per heavy atom. The molecule has 120 valence electrons. The minimum Gasteiger partial charge on any atom is -0.353 e. The molecule has 2 amide bonds. The van der Waals surface area contributed by atoms with E-state index in [-0.39, 0.29) is 23.3 Å². The first-order valence-electron chi connectivity index (χ1n) is 7.96. The molecule has 2 unspecified atom stereocenters. The van der Waals surface area contributed by atoms with Crippen molar-refractivity contribution in [3.8, 4) is 0 Å². The summed E-state index contributed by atoms with van der Waals surface area (Å²) in [5.41, 5.74) is 1.95. The van der Waals surface area contributed by atoms with E-state index in [1.165, 1.54) is 5.56 Å². The molecule has 1 fully saturated rings. The van der Waals surface area contributed by atoms with Crippen molar-refractivity contribution in [3.63, 3.8) is 0 Å². The first kappa shape index (κ1) is 16.5. The molecule has 0 radical (unpaired) electrons. The van der Waals surface area contributed by atoms with Gasteiger partial charge in [-0.25, -0.2) is 0 Å². The SMILES string of the molecule is CC(=O)N1CCCC1(C)CNC(=O)C(C)c1ccc(C)cc1. The number of rotatable bonds is 4. The van der Waals surface area contributed by atoms with Gasteiger partial charge in [0.25, 0.3) is 0 Å². The van der Waals surface area contributed by atoms with Crippen molar-refractivity contribution in [3.05, 3.63) is 35.4 Å². The normalized spacial score (nSPS) is 22.5. The van der Waals surface area contributed by atoms with Crippen molar-refractivity contribution < 1.29 is 9.59 Å². The number of likely N-dealkylation sites (tertiary alicyclic amines) is 1. The summed E-state index contributed by atoms with van der Waals surface area (Å²) < 4.78 is 0. The van der Waals surface area contributed by atoms with Crippen molar-refractivity contribution in [1.82, 2.24) is 10.2 Å². The zero-order valence-corrected chi connectivity index (χ0v) is 14.0. The molecule has 1 aromatic carbocycles. The number of hydrogen-bond donors (Lipinski definition) is 1. The molecule has 1 N–H and O–H groups in total. The number of hydrogen-bond acceptors (Lipinski definition) is 2. The fourth-order valence-corrected chi connectivity index (χ4v) is 3.18. The first-order valence-corrected chi connectivity index (χ1v) is 7.96. The van der Waals surface area contributed by atoms with Gasteiger partial charge in [0.15, 0.2) is 0 Å². The van der Waals surface area contributed by atoms with Gasteiger partial charge in [0.05, 0.1) is 11.5 Å². The van der Waals surface area contributed by atoms with Gasteiger partial charge in [-0.2, -0.15) is 0 Å². The van der Waals surface area contributed by atoms with Gasteiger partial charge >= 0.3 is 0 Å². The average Bonchev–Trinajstić information content (AvgIpc) is 2.87. The quantitative estimate of drug-likeness (QED) is 0.929. The van der Waals surface area contributed by atoms with Crippen molar-refractivity contribution in [2.75, 3.05) is 13.1 Å². The number of carbonyl (C=O) groups excluding carboxylic acids is 2. The maximum absolute atomic E-state index is 12.4. The topological polar surface area (TPSA) is 49.4 Å². The first-order chi connectivity index (χ1) is 10.3. The third kappa shape index (κ3) is 3.49. The molecular formula is C18H26N2O2. The highest BCUT2D eigenvalue weighted by atomic mass is 16.2. The minimum atomic E-state index is -0.255. The minimum absolute atomic E-state index is 0.0143. The lowest BCUT2D eigenvalue weighted by atomic mass is 9.96. The van der Waals surface area contributed by atoms with Gasteiger partial charge in [0.1, 0.15) is 0 Å². The van der Waals surface area contributed by atoms with Crippen LogP contribution in [0.15, 0.2) is 24.3 Å². The summed E-state index contributed by atoms with van der Waals surface area (Å²) in [6.45, 7) is 8.90. The molecule has 2 atom stereocenters. The lowest BCUT2D eigenvalue weighted by molar-refractivity contribution is -0.133. The predicted octanol–water partition coefficient (Wildman–Crippen LogP) is 2.62. The standard InChI is InChI=1S/C18H26N2O2/c1-13-6-8-16(9-7-13)14(2)17(22)19-12-18(4)10-5-11-20(18)15(3)21/h6-9,14H,5,10-12H2,1-4H3,(H,19,22). The van der Waals surface area contributed by atoms with Crippen LogP contribution in [0.25, 0.3) is 0 Å². The Labute approximate surface area is 132 Å². The summed E-state index contributed by atoms with van der Waals surface area (Å²) in [5.74, 6) is -0.0855. The predicted molar refractivity (Wildman–Crippen MR) is 87.6 cm³/mol. The molecule has 0 bridgehead atoms. The van der Waals surface area contributed by atoms with Crippen LogP contribution in [0.5, 0.6) is 0 Å². The molecule has 0 aliphatic carbocycles. The van der Waals surface area contributed by atoms with Gasteiger partial charge in [0, 0.05) is 20.0 Å². The van der Waals surface area contributed by atoms with Gasteiger partial charge in [-0.1, -0.05) is 29.8 Å². The summed E-state index contributed by atoms with van der Waals surface area (Å²) >= 11 is 0. The fraction of sp³-hybridized carbons (Fsp3) is 0.556. The number of benzene rings is 1. The molecule has 1 heterocycles. The van der Waals surface area contributed by atoms with E-state index in [9.17, 15) is 9.59 Å². The molecule has 0 saturated carbocycles. The molecule has 1 saturated heterocycles. The van der Waals surface area contributed by atoms with Crippen LogP contribution >= 0.6 is 0 Å². The van der Waals surface area contributed by atoms with E-state index in [0.717, 1.165) is 24.9 Å². The summed E-state index contributed by atoms with van der Waals surface area (Å²) in [6.07, 6.45) is 1.94. The fourth-order valence-electron chi connectivity index (χ4n) is 3.18. The van der Waals surface area contributed by atoms with Crippen LogP contribution in [0.4, 0.5) is 0 Å². The lowest BCUT2D eigenvalue weighted by Gasteiger charge is -2.35. The molecular weight excluding hydrogens is 276 g/mol. The second-order valence-corrected chi connectivity index (χ2v) is 6.62. The van der Waals surface area contributed by atoms with Gasteiger partial charge in [0.2, 0.25) is 11.8 Å². The molecule has 4 nitrogen and oxygen atoms in total. The number of nitrogens with one attached hydrogen (secondary N) is 1. The van der Waals surface area contributed by atoms with Crippen molar-refractivity contribution >= 4 is 11.8 Å². The summed E-state index contributed by atoms with van der Waals surface area (Å²) in [5, 5.41) is 3.03. The third-order valence-electron chi connectivity index (χ3n) is 4.74. The zero-order chi connectivity index (χ0) is 16.3. The second kappa shape index (κ2) is 6.51. The van der Waals surface area contributed by atoms with E-state index >= 15 is 0 Å². The van der Waals surface area contributed by atoms with Crippen LogP contribution in [-0.2, 0) is 9.59 Å². The van der Waals surface area contributed by atoms with Gasteiger partial charge in [-0.05, 0) is 39.2 Å². The van der Waals surface area contributed by atoms with Crippen LogP contribution in [0.2, 0.25) is 0 Å². The highest BCUT2D eigenvalue weighted by Crippen LogP contribution is 2.28. The molecule has 22 heavy (non-hydrogen) atoms. The van der Waals surface area contributed by atoms with Crippen LogP contribution in [0.1, 0.15) is 50.7 Å². The van der Waals surface area contributed by atoms with E-state index < -0.39 is 0 Å². The van der Waals surface area contributed by atoms with Crippen LogP contribution in [0.3, 0.4) is 0 Å². The van der Waals surface area contributed by atoms with E-state index in [0.29, 0.717) is 6.54 Å². The smallest absolute Gasteiger partial charge is 0.227 e. The number of amides is 2. The Kier molecular flexibility index (Phi) is 4.89. The summed E-state index contributed by atoms with van der Waals surface area (Å²) in [4.78, 5) is 26.0. The number of aryl methyl sites for hydroxylation is 1. The van der Waals surface area contributed by atoms with Crippen molar-refractivity contribution in [2.24, 2.45) is 0 Å². The largest absolute Gasteiger partial charge is 0.353 e. The van der Waals surface area contributed by atoms with Gasteiger partial charge in [-0.3, -0.25) is 9.59 Å². The molecule has 1 aliphatic rings. The number of carbonyl (C=O) groups is 2. The van der Waals surface area contributed by atoms with Crippen molar-refractivity contribution in [1.29, 1.82) is 0 Å². The van der Waals surface area contributed by atoms with Crippen LogP contribution in [0, 0.1) is 6.92 Å². The molecule has 0 aromatic heterocycles. The van der Waals surface area contributed by atoms with Crippen LogP contribution < -0.4 is 5.32 Å². The summed E-state index contributed by atoms with van der Waals surface area (Å²) in [7, 11) is 0. The lowest BCUT2D eigenvalue weighted by Crippen LogP contribution is -2.52. The zero-order valence-electron chi connectivity index (χ0n) is 14.0. The Morgan fingerprint density at radius 2 is 1.95 bits per heavy atom. The average molecular weight is 302 g/mol. The summed E-state index contributed by atoms with van der Waals surface area (Å²) in [6, 6.07) is 8.04. The van der Waals surface area contributed by atoms with E-state index in [2.05, 4.69) is 12.2 Å². The third-order valence-corrected chi connectivity index (χ3v) is 4.74. The van der Waals surface area contributed by atoms with Crippen LogP contribution in [-0.4, -0.2) is 35.3 Å². The van der Waals surface area contributed by atoms with E-state index in [1.807, 2.05) is 43.0 Å². The number of nitrogens with zero attached hydrogens (tertiary/aromatic N) is 1. The maximum atomic E-state index is 12.4. The Hall–Kier alpha value is -1.84. The van der Waals surface area contributed by atoms with E-state index in [1.54, 1.807) is 6.92 Å². The van der Waals surface area contributed by atoms with Gasteiger partial charge in [-0.15, -0.1) is 0 Å². The van der Waals surface area contributed by atoms with Gasteiger partial charge < -0.3 is 10.2 Å². The Balaban J connectivity index is 1.97. The highest BCUT2D eigenvalue weighted by Gasteiger charge is 2.38. The highest BCUT2D eigenvalue weighted by molar-refractivity contribution is 5.83. The monoisotopic (exact) mass is 302 g/mol. The molecule has 2 rings (SSSR count). The molecule has 1 aliphatic heterocycles. The Morgan fingerprint density at radius 3 is 2.55 bits per heavy atom. The van der Waals surface area contributed by atoms with Crippen molar-refractivity contribution in [2.45, 2.75) is 52.0 Å².